The monoisotopic (exact) mass is 560 g/mol. The molecule has 0 aliphatic rings. The van der Waals surface area contributed by atoms with Gasteiger partial charge in [0.1, 0.15) is 11.2 Å². The SMILES string of the molecule is CCCCCc1ccc(CCc2cc3oc4cc(CCc5ccc(CCC)cc5)c(F)c(F)c4c3c(F)c2F)cc1. The fraction of sp³-hybridized carbons (Fsp3) is 0.333. The lowest BCUT2D eigenvalue weighted by Crippen LogP contribution is -2.00. The first-order valence-corrected chi connectivity index (χ1v) is 14.7. The van der Waals surface area contributed by atoms with Gasteiger partial charge < -0.3 is 4.42 Å². The Bertz CT molecular complexity index is 1630. The molecule has 214 valence electrons. The highest BCUT2D eigenvalue weighted by atomic mass is 19.2. The van der Waals surface area contributed by atoms with Crippen molar-refractivity contribution in [3.05, 3.63) is 117 Å². The van der Waals surface area contributed by atoms with Crippen LogP contribution in [0.3, 0.4) is 0 Å². The summed E-state index contributed by atoms with van der Waals surface area (Å²) in [6, 6.07) is 19.2. The van der Waals surface area contributed by atoms with E-state index in [9.17, 15) is 0 Å². The van der Waals surface area contributed by atoms with E-state index in [0.29, 0.717) is 12.8 Å². The van der Waals surface area contributed by atoms with Crippen LogP contribution in [0, 0.1) is 23.3 Å². The summed E-state index contributed by atoms with van der Waals surface area (Å²) in [6.07, 6.45) is 8.14. The van der Waals surface area contributed by atoms with Crippen LogP contribution < -0.4 is 0 Å². The molecule has 1 aromatic heterocycles. The molecule has 0 aliphatic carbocycles. The molecular formula is C36H36F4O. The van der Waals surface area contributed by atoms with E-state index in [1.54, 1.807) is 0 Å². The Labute approximate surface area is 239 Å². The molecular weight excluding hydrogens is 524 g/mol. The Morgan fingerprint density at radius 2 is 0.878 bits per heavy atom. The van der Waals surface area contributed by atoms with Gasteiger partial charge in [-0.2, -0.15) is 0 Å². The zero-order valence-electron chi connectivity index (χ0n) is 23.8. The molecule has 0 saturated heterocycles. The van der Waals surface area contributed by atoms with Crippen LogP contribution in [0.5, 0.6) is 0 Å². The van der Waals surface area contributed by atoms with Crippen molar-refractivity contribution in [2.75, 3.05) is 0 Å². The molecule has 5 heteroatoms. The maximum absolute atomic E-state index is 15.3. The van der Waals surface area contributed by atoms with Crippen molar-refractivity contribution in [1.29, 1.82) is 0 Å². The summed E-state index contributed by atoms with van der Waals surface area (Å²) in [5, 5.41) is -0.709. The van der Waals surface area contributed by atoms with Gasteiger partial charge in [0.25, 0.3) is 0 Å². The van der Waals surface area contributed by atoms with Gasteiger partial charge in [0.2, 0.25) is 0 Å². The molecule has 0 bridgehead atoms. The largest absolute Gasteiger partial charge is 0.456 e. The molecule has 1 nitrogen and oxygen atoms in total. The van der Waals surface area contributed by atoms with E-state index < -0.39 is 23.3 Å². The number of hydrogen-bond donors (Lipinski definition) is 0. The molecule has 41 heavy (non-hydrogen) atoms. The van der Waals surface area contributed by atoms with E-state index >= 15 is 17.6 Å². The second-order valence-electron chi connectivity index (χ2n) is 11.0. The molecule has 0 fully saturated rings. The molecule has 4 aromatic carbocycles. The first-order valence-electron chi connectivity index (χ1n) is 14.7. The quantitative estimate of drug-likeness (QED) is 0.109. The Hall–Kier alpha value is -3.60. The summed E-state index contributed by atoms with van der Waals surface area (Å²) < 4.78 is 66.6. The fourth-order valence-electron chi connectivity index (χ4n) is 5.59. The summed E-state index contributed by atoms with van der Waals surface area (Å²) in [4.78, 5) is 0. The summed E-state index contributed by atoms with van der Waals surface area (Å²) in [7, 11) is 0. The van der Waals surface area contributed by atoms with E-state index in [4.69, 9.17) is 4.42 Å². The first-order chi connectivity index (χ1) is 19.9. The minimum atomic E-state index is -1.21. The van der Waals surface area contributed by atoms with Crippen LogP contribution in [0.4, 0.5) is 17.6 Å². The number of benzene rings is 4. The number of aryl methyl sites for hydroxylation is 6. The summed E-state index contributed by atoms with van der Waals surface area (Å²) >= 11 is 0. The zero-order chi connectivity index (χ0) is 28.9. The first kappa shape index (κ1) is 28.9. The molecule has 0 saturated carbocycles. The smallest absolute Gasteiger partial charge is 0.170 e. The molecule has 1 heterocycles. The third-order valence-corrected chi connectivity index (χ3v) is 7.98. The Morgan fingerprint density at radius 3 is 1.29 bits per heavy atom. The number of hydrogen-bond acceptors (Lipinski definition) is 1. The number of fused-ring (bicyclic) bond motifs is 3. The highest BCUT2D eigenvalue weighted by Crippen LogP contribution is 2.37. The van der Waals surface area contributed by atoms with Gasteiger partial charge in [-0.25, -0.2) is 17.6 Å². The lowest BCUT2D eigenvalue weighted by Gasteiger charge is -2.08. The average Bonchev–Trinajstić information content (AvgIpc) is 3.35. The Kier molecular flexibility index (Phi) is 9.12. The molecule has 0 N–H and O–H groups in total. The van der Waals surface area contributed by atoms with Crippen molar-refractivity contribution >= 4 is 21.9 Å². The van der Waals surface area contributed by atoms with E-state index in [1.807, 2.05) is 24.3 Å². The molecule has 0 aliphatic heterocycles. The highest BCUT2D eigenvalue weighted by Gasteiger charge is 2.24. The topological polar surface area (TPSA) is 13.1 Å². The van der Waals surface area contributed by atoms with Crippen LogP contribution in [0.1, 0.15) is 72.9 Å². The van der Waals surface area contributed by atoms with Crippen molar-refractivity contribution in [2.24, 2.45) is 0 Å². The predicted molar refractivity (Wildman–Crippen MR) is 158 cm³/mol. The zero-order valence-corrected chi connectivity index (χ0v) is 23.8. The minimum Gasteiger partial charge on any atom is -0.456 e. The van der Waals surface area contributed by atoms with E-state index in [1.165, 1.54) is 36.1 Å². The lowest BCUT2D eigenvalue weighted by atomic mass is 9.98. The molecule has 0 amide bonds. The summed E-state index contributed by atoms with van der Waals surface area (Å²) in [5.41, 5.74) is 4.86. The molecule has 5 aromatic rings. The molecule has 0 spiro atoms. The maximum Gasteiger partial charge on any atom is 0.170 e. The number of furan rings is 1. The van der Waals surface area contributed by atoms with Gasteiger partial charge in [-0.05, 0) is 90.5 Å². The standard InChI is InChI=1S/C36H36F4O/c1-3-5-6-8-24-11-15-26(16-12-24)18-20-28-22-30-32(36(40)34(28)38)31-29(41-30)21-27(33(37)35(31)39)19-17-25-13-9-23(7-4-2)10-14-25/h9-16,21-22H,3-8,17-20H2,1-2H3. The van der Waals surface area contributed by atoms with Gasteiger partial charge in [0, 0.05) is 0 Å². The van der Waals surface area contributed by atoms with Crippen LogP contribution in [-0.2, 0) is 38.5 Å². The number of halogens is 4. The van der Waals surface area contributed by atoms with Crippen molar-refractivity contribution in [2.45, 2.75) is 78.1 Å². The van der Waals surface area contributed by atoms with Crippen molar-refractivity contribution in [1.82, 2.24) is 0 Å². The predicted octanol–water partition coefficient (Wildman–Crippen LogP) is 10.4. The number of unbranched alkanes of at least 4 members (excludes halogenated alkanes) is 2. The Morgan fingerprint density at radius 1 is 0.463 bits per heavy atom. The van der Waals surface area contributed by atoms with Gasteiger partial charge >= 0.3 is 0 Å². The summed E-state index contributed by atoms with van der Waals surface area (Å²) in [6.45, 7) is 4.30. The van der Waals surface area contributed by atoms with E-state index in [-0.39, 0.29) is 45.9 Å². The highest BCUT2D eigenvalue weighted by molar-refractivity contribution is 6.06. The van der Waals surface area contributed by atoms with Gasteiger partial charge in [0.05, 0.1) is 10.8 Å². The maximum atomic E-state index is 15.3. The third kappa shape index (κ3) is 6.34. The Balaban J connectivity index is 1.36. The molecule has 0 atom stereocenters. The van der Waals surface area contributed by atoms with Gasteiger partial charge in [-0.15, -0.1) is 0 Å². The molecule has 5 rings (SSSR count). The fourth-order valence-corrected chi connectivity index (χ4v) is 5.59. The van der Waals surface area contributed by atoms with Crippen LogP contribution in [0.25, 0.3) is 21.9 Å². The van der Waals surface area contributed by atoms with E-state index in [2.05, 4.69) is 38.1 Å². The second-order valence-corrected chi connectivity index (χ2v) is 11.0. The van der Waals surface area contributed by atoms with Crippen molar-refractivity contribution in [3.8, 4) is 0 Å². The summed E-state index contributed by atoms with van der Waals surface area (Å²) in [5.74, 6) is -4.52. The van der Waals surface area contributed by atoms with Crippen molar-refractivity contribution in [3.63, 3.8) is 0 Å². The van der Waals surface area contributed by atoms with Crippen LogP contribution in [0.15, 0.2) is 65.1 Å². The van der Waals surface area contributed by atoms with E-state index in [0.717, 1.165) is 36.8 Å². The van der Waals surface area contributed by atoms with Gasteiger partial charge in [-0.1, -0.05) is 81.6 Å². The second kappa shape index (κ2) is 12.9. The van der Waals surface area contributed by atoms with Crippen molar-refractivity contribution < 1.29 is 22.0 Å². The number of rotatable bonds is 12. The molecule has 0 unspecified atom stereocenters. The van der Waals surface area contributed by atoms with Crippen LogP contribution in [0.2, 0.25) is 0 Å². The molecule has 0 radical (unpaired) electrons. The van der Waals surface area contributed by atoms with Crippen LogP contribution >= 0.6 is 0 Å². The average molecular weight is 561 g/mol. The minimum absolute atomic E-state index is 0.0151. The third-order valence-electron chi connectivity index (χ3n) is 7.98. The lowest BCUT2D eigenvalue weighted by molar-refractivity contribution is 0.502. The normalized spacial score (nSPS) is 11.7. The van der Waals surface area contributed by atoms with Gasteiger partial charge in [-0.3, -0.25) is 0 Å². The van der Waals surface area contributed by atoms with Gasteiger partial charge in [0.15, 0.2) is 23.3 Å². The van der Waals surface area contributed by atoms with Crippen LogP contribution in [-0.4, -0.2) is 0 Å².